The van der Waals surface area contributed by atoms with E-state index in [1.807, 2.05) is 0 Å². The molecule has 1 aromatic carbocycles. The molecule has 0 spiro atoms. The van der Waals surface area contributed by atoms with E-state index >= 15 is 0 Å². The fraction of sp³-hybridized carbons (Fsp3) is 0.625. The van der Waals surface area contributed by atoms with Crippen LogP contribution in [0.3, 0.4) is 0 Å². The van der Waals surface area contributed by atoms with E-state index in [9.17, 15) is 0 Å². The second-order valence-corrected chi connectivity index (χ2v) is 9.53. The Kier molecular flexibility index (Phi) is 8.09. The quantitative estimate of drug-likeness (QED) is 0.562. The van der Waals surface area contributed by atoms with Gasteiger partial charge in [0.05, 0.1) is 12.1 Å². The molecule has 1 aliphatic heterocycles. The fourth-order valence-electron chi connectivity index (χ4n) is 4.58. The highest BCUT2D eigenvalue weighted by molar-refractivity contribution is 6.32. The van der Waals surface area contributed by atoms with Gasteiger partial charge < -0.3 is 24.6 Å². The van der Waals surface area contributed by atoms with Crippen molar-refractivity contribution in [3.05, 3.63) is 23.2 Å². The molecule has 2 heterocycles. The molecule has 2 aromatic rings. The van der Waals surface area contributed by atoms with E-state index in [4.69, 9.17) is 26.1 Å². The van der Waals surface area contributed by atoms with Gasteiger partial charge in [0.1, 0.15) is 11.5 Å². The zero-order valence-electron chi connectivity index (χ0n) is 19.9. The first-order valence-corrected chi connectivity index (χ1v) is 12.3. The average Bonchev–Trinajstić information content (AvgIpc) is 3.08. The van der Waals surface area contributed by atoms with E-state index < -0.39 is 0 Å². The first-order chi connectivity index (χ1) is 16.0. The summed E-state index contributed by atoms with van der Waals surface area (Å²) >= 11 is 6.28. The van der Waals surface area contributed by atoms with E-state index in [0.717, 1.165) is 38.8 Å². The highest BCUT2D eigenvalue weighted by Gasteiger charge is 2.24. The van der Waals surface area contributed by atoms with Crippen molar-refractivity contribution in [1.29, 1.82) is 0 Å². The summed E-state index contributed by atoms with van der Waals surface area (Å²) in [5.74, 6) is 2.35. The van der Waals surface area contributed by atoms with Crippen LogP contribution in [0, 0.1) is 0 Å². The summed E-state index contributed by atoms with van der Waals surface area (Å²) in [4.78, 5) is 18.6. The first-order valence-electron chi connectivity index (χ1n) is 12.0. The molecular weight excluding hydrogens is 440 g/mol. The summed E-state index contributed by atoms with van der Waals surface area (Å²) in [5.41, 5.74) is 0. The van der Waals surface area contributed by atoms with Gasteiger partial charge in [0, 0.05) is 25.2 Å². The van der Waals surface area contributed by atoms with Gasteiger partial charge in [-0.1, -0.05) is 37.3 Å². The number of rotatable bonds is 7. The number of anilines is 2. The first kappa shape index (κ1) is 23.8. The number of nitrogens with one attached hydrogen (secondary N) is 1. The SMILES string of the molecule is COc1ccc(Oc2nc(NC3CCCCCC3)nc(N(C)C3CCN(C)CC3)n2)cc1Cl. The largest absolute Gasteiger partial charge is 0.495 e. The van der Waals surface area contributed by atoms with Crippen molar-refractivity contribution in [3.63, 3.8) is 0 Å². The van der Waals surface area contributed by atoms with Gasteiger partial charge in [-0.2, -0.15) is 15.0 Å². The number of halogens is 1. The van der Waals surface area contributed by atoms with Crippen LogP contribution in [-0.4, -0.2) is 66.2 Å². The lowest BCUT2D eigenvalue weighted by molar-refractivity contribution is 0.252. The van der Waals surface area contributed by atoms with Crippen molar-refractivity contribution in [2.45, 2.75) is 63.5 Å². The lowest BCUT2D eigenvalue weighted by Crippen LogP contribution is -2.42. The standard InChI is InChI=1S/C24H35ClN6O2/c1-30-14-12-18(13-15-30)31(2)23-27-22(26-17-8-6-4-5-7-9-17)28-24(29-23)33-19-10-11-21(32-3)20(25)16-19/h10-11,16-18H,4-9,12-15H2,1-3H3,(H,26,27,28,29). The Balaban J connectivity index is 1.58. The number of likely N-dealkylation sites (tertiary alicyclic amines) is 1. The number of aromatic nitrogens is 3. The Morgan fingerprint density at radius 2 is 1.76 bits per heavy atom. The van der Waals surface area contributed by atoms with E-state index in [-0.39, 0.29) is 6.01 Å². The van der Waals surface area contributed by atoms with Crippen LogP contribution < -0.4 is 19.7 Å². The van der Waals surface area contributed by atoms with E-state index in [0.29, 0.717) is 40.5 Å². The van der Waals surface area contributed by atoms with E-state index in [1.54, 1.807) is 25.3 Å². The Bertz CT molecular complexity index is 914. The van der Waals surface area contributed by atoms with Gasteiger partial charge >= 0.3 is 6.01 Å². The van der Waals surface area contributed by atoms with Crippen molar-refractivity contribution in [1.82, 2.24) is 19.9 Å². The maximum absolute atomic E-state index is 6.28. The molecule has 2 fully saturated rings. The summed E-state index contributed by atoms with van der Waals surface area (Å²) in [6.45, 7) is 2.14. The smallest absolute Gasteiger partial charge is 0.328 e. The van der Waals surface area contributed by atoms with Crippen LogP contribution in [0.5, 0.6) is 17.5 Å². The highest BCUT2D eigenvalue weighted by atomic mass is 35.5. The zero-order chi connectivity index (χ0) is 23.2. The molecule has 180 valence electrons. The molecule has 1 saturated carbocycles. The third-order valence-corrected chi connectivity index (χ3v) is 6.97. The summed E-state index contributed by atoms with van der Waals surface area (Å²) in [6.07, 6.45) is 9.49. The molecule has 4 rings (SSSR count). The van der Waals surface area contributed by atoms with Gasteiger partial charge in [0.25, 0.3) is 0 Å². The van der Waals surface area contributed by atoms with Gasteiger partial charge in [-0.25, -0.2) is 0 Å². The minimum atomic E-state index is 0.261. The van der Waals surface area contributed by atoms with Crippen LogP contribution in [0.15, 0.2) is 18.2 Å². The number of nitrogens with zero attached hydrogens (tertiary/aromatic N) is 5. The summed E-state index contributed by atoms with van der Waals surface area (Å²) < 4.78 is 11.3. The van der Waals surface area contributed by atoms with Crippen LogP contribution in [0.2, 0.25) is 5.02 Å². The van der Waals surface area contributed by atoms with Crippen molar-refractivity contribution in [2.24, 2.45) is 0 Å². The van der Waals surface area contributed by atoms with Crippen molar-refractivity contribution in [2.75, 3.05) is 44.5 Å². The fourth-order valence-corrected chi connectivity index (χ4v) is 4.83. The topological polar surface area (TPSA) is 75.6 Å². The number of benzene rings is 1. The second-order valence-electron chi connectivity index (χ2n) is 9.12. The molecule has 1 aromatic heterocycles. The molecule has 8 nitrogen and oxygen atoms in total. The molecule has 1 N–H and O–H groups in total. The number of hydrogen-bond acceptors (Lipinski definition) is 8. The summed E-state index contributed by atoms with van der Waals surface area (Å²) in [6, 6.07) is 6.31. The van der Waals surface area contributed by atoms with E-state index in [2.05, 4.69) is 39.2 Å². The van der Waals surface area contributed by atoms with Crippen LogP contribution in [0.1, 0.15) is 51.4 Å². The molecule has 0 unspecified atom stereocenters. The Labute approximate surface area is 201 Å². The lowest BCUT2D eigenvalue weighted by Gasteiger charge is -2.35. The molecule has 0 radical (unpaired) electrons. The average molecular weight is 475 g/mol. The maximum Gasteiger partial charge on any atom is 0.328 e. The Morgan fingerprint density at radius 1 is 1.03 bits per heavy atom. The van der Waals surface area contributed by atoms with Gasteiger partial charge in [-0.15, -0.1) is 0 Å². The van der Waals surface area contributed by atoms with E-state index in [1.165, 1.54) is 25.7 Å². The van der Waals surface area contributed by atoms with Crippen LogP contribution >= 0.6 is 11.6 Å². The molecule has 1 saturated heterocycles. The minimum Gasteiger partial charge on any atom is -0.495 e. The van der Waals surface area contributed by atoms with Crippen LogP contribution in [0.4, 0.5) is 11.9 Å². The second kappa shape index (κ2) is 11.2. The van der Waals surface area contributed by atoms with Crippen LogP contribution in [-0.2, 0) is 0 Å². The normalized spacial score (nSPS) is 18.5. The predicted molar refractivity (Wildman–Crippen MR) is 132 cm³/mol. The molecule has 2 aliphatic rings. The third-order valence-electron chi connectivity index (χ3n) is 6.68. The monoisotopic (exact) mass is 474 g/mol. The summed E-state index contributed by atoms with van der Waals surface area (Å²) in [7, 11) is 5.82. The zero-order valence-corrected chi connectivity index (χ0v) is 20.6. The van der Waals surface area contributed by atoms with Crippen molar-refractivity contribution in [3.8, 4) is 17.5 Å². The van der Waals surface area contributed by atoms with Crippen LogP contribution in [0.25, 0.3) is 0 Å². The molecule has 33 heavy (non-hydrogen) atoms. The van der Waals surface area contributed by atoms with Gasteiger partial charge in [-0.05, 0) is 58.0 Å². The molecule has 0 amide bonds. The molecular formula is C24H35ClN6O2. The van der Waals surface area contributed by atoms with Gasteiger partial charge in [0.2, 0.25) is 11.9 Å². The third kappa shape index (κ3) is 6.38. The Morgan fingerprint density at radius 3 is 2.42 bits per heavy atom. The molecule has 0 atom stereocenters. The predicted octanol–water partition coefficient (Wildman–Crippen LogP) is 4.99. The highest BCUT2D eigenvalue weighted by Crippen LogP contribution is 2.31. The van der Waals surface area contributed by atoms with Crippen molar-refractivity contribution >= 4 is 23.5 Å². The molecule has 1 aliphatic carbocycles. The lowest BCUT2D eigenvalue weighted by atomic mass is 10.0. The Hall–Kier alpha value is -2.32. The van der Waals surface area contributed by atoms with Gasteiger partial charge in [0.15, 0.2) is 0 Å². The van der Waals surface area contributed by atoms with Crippen molar-refractivity contribution < 1.29 is 9.47 Å². The minimum absolute atomic E-state index is 0.261. The molecule has 9 heteroatoms. The number of ether oxygens (including phenoxy) is 2. The molecule has 0 bridgehead atoms. The number of hydrogen-bond donors (Lipinski definition) is 1. The number of methoxy groups -OCH3 is 1. The maximum atomic E-state index is 6.28. The number of piperidine rings is 1. The van der Waals surface area contributed by atoms with Gasteiger partial charge in [-0.3, -0.25) is 0 Å². The summed E-state index contributed by atoms with van der Waals surface area (Å²) in [5, 5.41) is 4.04.